The highest BCUT2D eigenvalue weighted by Crippen LogP contribution is 2.36. The summed E-state index contributed by atoms with van der Waals surface area (Å²) in [6.45, 7) is 6.53. The number of benzene rings is 1. The normalized spacial score (nSPS) is 16.6. The van der Waals surface area contributed by atoms with Crippen molar-refractivity contribution in [2.45, 2.75) is 51.8 Å². The largest absolute Gasteiger partial charge is 0.496 e. The second-order valence-corrected chi connectivity index (χ2v) is 9.25. The maximum absolute atomic E-state index is 13.0. The summed E-state index contributed by atoms with van der Waals surface area (Å²) < 4.78 is 49.7. The van der Waals surface area contributed by atoms with Gasteiger partial charge in [-0.2, -0.15) is 28.6 Å². The van der Waals surface area contributed by atoms with Crippen molar-refractivity contribution in [2.75, 3.05) is 20.2 Å². The van der Waals surface area contributed by atoms with Gasteiger partial charge in [0, 0.05) is 18.7 Å². The third-order valence-corrected chi connectivity index (χ3v) is 5.45. The number of rotatable bonds is 4. The van der Waals surface area contributed by atoms with Crippen molar-refractivity contribution in [3.05, 3.63) is 41.1 Å². The van der Waals surface area contributed by atoms with Crippen molar-refractivity contribution in [3.63, 3.8) is 0 Å². The molecule has 1 aliphatic rings. The minimum Gasteiger partial charge on any atom is -0.496 e. The Morgan fingerprint density at radius 1 is 1.24 bits per heavy atom. The van der Waals surface area contributed by atoms with Gasteiger partial charge in [0.15, 0.2) is 0 Å². The zero-order valence-electron chi connectivity index (χ0n) is 19.6. The van der Waals surface area contributed by atoms with Crippen LogP contribution in [0.1, 0.15) is 50.4 Å². The molecule has 0 radical (unpaired) electrons. The lowest BCUT2D eigenvalue weighted by molar-refractivity contribution is -0.137. The average molecular weight is 476 g/mol. The summed E-state index contributed by atoms with van der Waals surface area (Å²) in [5.74, 6) is 0.0650. The summed E-state index contributed by atoms with van der Waals surface area (Å²) in [5.41, 5.74) is -0.122. The van der Waals surface area contributed by atoms with Crippen LogP contribution in [0, 0.1) is 17.2 Å². The fourth-order valence-electron chi connectivity index (χ4n) is 3.87. The molecule has 0 aliphatic carbocycles. The van der Waals surface area contributed by atoms with E-state index >= 15 is 0 Å². The van der Waals surface area contributed by atoms with Gasteiger partial charge < -0.3 is 14.4 Å². The Morgan fingerprint density at radius 2 is 1.97 bits per heavy atom. The number of ether oxygens (including phenoxy) is 2. The van der Waals surface area contributed by atoms with E-state index < -0.39 is 17.3 Å². The van der Waals surface area contributed by atoms with Gasteiger partial charge in [-0.25, -0.2) is 4.79 Å². The average Bonchev–Trinajstić information content (AvgIpc) is 2.77. The minimum absolute atomic E-state index is 0.0129. The molecule has 2 heterocycles. The highest BCUT2D eigenvalue weighted by molar-refractivity contribution is 5.69. The molecule has 1 saturated heterocycles. The molecule has 0 spiro atoms. The van der Waals surface area contributed by atoms with Gasteiger partial charge in [-0.15, -0.1) is 0 Å². The number of nitrogens with zero attached hydrogens (tertiary/aromatic N) is 4. The Balaban J connectivity index is 1.80. The van der Waals surface area contributed by atoms with Crippen molar-refractivity contribution in [1.82, 2.24) is 15.1 Å². The molecule has 2 aromatic rings. The molecule has 182 valence electrons. The number of piperidine rings is 1. The third-order valence-electron chi connectivity index (χ3n) is 5.45. The van der Waals surface area contributed by atoms with Crippen LogP contribution >= 0.6 is 0 Å². The van der Waals surface area contributed by atoms with E-state index in [1.54, 1.807) is 4.90 Å². The molecular formula is C24H27F3N4O3. The molecule has 0 unspecified atom stereocenters. The van der Waals surface area contributed by atoms with E-state index in [9.17, 15) is 23.2 Å². The standard InChI is InChI=1S/C24H27F3N4O3/c1-23(2,3)34-22(32)31-9-5-6-15(14-31)10-19-16(13-28)11-20(30-29-19)18-8-7-17(24(25,26)27)12-21(18)33-4/h7-8,11-12,15H,5-6,9-10,14H2,1-4H3/t15-/m0/s1. The Bertz CT molecular complexity index is 1090. The van der Waals surface area contributed by atoms with Crippen molar-refractivity contribution in [3.8, 4) is 23.1 Å². The zero-order valence-corrected chi connectivity index (χ0v) is 19.6. The van der Waals surface area contributed by atoms with E-state index in [4.69, 9.17) is 9.47 Å². The van der Waals surface area contributed by atoms with Gasteiger partial charge in [0.1, 0.15) is 17.4 Å². The van der Waals surface area contributed by atoms with Gasteiger partial charge in [-0.05, 0) is 70.2 Å². The molecule has 10 heteroatoms. The number of halogens is 3. The smallest absolute Gasteiger partial charge is 0.416 e. The number of aromatic nitrogens is 2. The van der Waals surface area contributed by atoms with Crippen LogP contribution in [-0.4, -0.2) is 47.0 Å². The zero-order chi connectivity index (χ0) is 25.1. The molecular weight excluding hydrogens is 449 g/mol. The fourth-order valence-corrected chi connectivity index (χ4v) is 3.87. The van der Waals surface area contributed by atoms with Gasteiger partial charge in [-0.3, -0.25) is 0 Å². The predicted octanol–water partition coefficient (Wildman–Crippen LogP) is 5.23. The van der Waals surface area contributed by atoms with E-state index in [2.05, 4.69) is 16.3 Å². The minimum atomic E-state index is -4.51. The van der Waals surface area contributed by atoms with Crippen LogP contribution in [0.5, 0.6) is 5.75 Å². The number of nitriles is 1. The monoisotopic (exact) mass is 476 g/mol. The first-order valence-electron chi connectivity index (χ1n) is 10.9. The van der Waals surface area contributed by atoms with Gasteiger partial charge in [0.2, 0.25) is 0 Å². The fraction of sp³-hybridized carbons (Fsp3) is 0.500. The Hall–Kier alpha value is -3.35. The number of alkyl halides is 3. The van der Waals surface area contributed by atoms with E-state index in [-0.39, 0.29) is 29.0 Å². The lowest BCUT2D eigenvalue weighted by atomic mass is 9.92. The maximum atomic E-state index is 13.0. The summed E-state index contributed by atoms with van der Waals surface area (Å²) in [6.07, 6.45) is -2.76. The molecule has 1 atom stereocenters. The molecule has 1 fully saturated rings. The van der Waals surface area contributed by atoms with Crippen molar-refractivity contribution >= 4 is 6.09 Å². The molecule has 0 bridgehead atoms. The van der Waals surface area contributed by atoms with Crippen LogP contribution in [0.3, 0.4) is 0 Å². The summed E-state index contributed by atoms with van der Waals surface area (Å²) in [7, 11) is 1.27. The van der Waals surface area contributed by atoms with E-state index in [0.717, 1.165) is 25.0 Å². The van der Waals surface area contributed by atoms with Crippen LogP contribution in [-0.2, 0) is 17.3 Å². The molecule has 1 amide bonds. The topological polar surface area (TPSA) is 88.3 Å². The van der Waals surface area contributed by atoms with E-state index in [1.165, 1.54) is 19.2 Å². The van der Waals surface area contributed by atoms with Crippen molar-refractivity contribution in [2.24, 2.45) is 5.92 Å². The van der Waals surface area contributed by atoms with Crippen LogP contribution in [0.25, 0.3) is 11.3 Å². The van der Waals surface area contributed by atoms with Crippen LogP contribution in [0.4, 0.5) is 18.0 Å². The quantitative estimate of drug-likeness (QED) is 0.600. The number of methoxy groups -OCH3 is 1. The number of hydrogen-bond donors (Lipinski definition) is 0. The summed E-state index contributed by atoms with van der Waals surface area (Å²) in [4.78, 5) is 14.1. The molecule has 1 aromatic carbocycles. The molecule has 34 heavy (non-hydrogen) atoms. The third kappa shape index (κ3) is 6.16. The van der Waals surface area contributed by atoms with Crippen molar-refractivity contribution < 1.29 is 27.4 Å². The second-order valence-electron chi connectivity index (χ2n) is 9.25. The summed E-state index contributed by atoms with van der Waals surface area (Å²) >= 11 is 0. The van der Waals surface area contributed by atoms with Crippen LogP contribution in [0.15, 0.2) is 24.3 Å². The first-order chi connectivity index (χ1) is 15.9. The lowest BCUT2D eigenvalue weighted by Crippen LogP contribution is -2.43. The number of hydrogen-bond acceptors (Lipinski definition) is 6. The predicted molar refractivity (Wildman–Crippen MR) is 118 cm³/mol. The Labute approximate surface area is 196 Å². The van der Waals surface area contributed by atoms with Gasteiger partial charge in [-0.1, -0.05) is 0 Å². The Kier molecular flexibility index (Phi) is 7.34. The highest BCUT2D eigenvalue weighted by Gasteiger charge is 2.32. The molecule has 1 aliphatic heterocycles. The second kappa shape index (κ2) is 9.87. The SMILES string of the molecule is COc1cc(C(F)(F)F)ccc1-c1cc(C#N)c(C[C@@H]2CCCN(C(=O)OC(C)(C)C)C2)nn1. The van der Waals surface area contributed by atoms with E-state index in [1.807, 2.05) is 20.8 Å². The van der Waals surface area contributed by atoms with Crippen LogP contribution < -0.4 is 4.74 Å². The highest BCUT2D eigenvalue weighted by atomic mass is 19.4. The maximum Gasteiger partial charge on any atom is 0.416 e. The first-order valence-corrected chi connectivity index (χ1v) is 10.9. The number of carbonyl (C=O) groups excluding carboxylic acids is 1. The molecule has 3 rings (SSSR count). The Morgan fingerprint density at radius 3 is 2.59 bits per heavy atom. The molecule has 7 nitrogen and oxygen atoms in total. The summed E-state index contributed by atoms with van der Waals surface area (Å²) in [5, 5.41) is 18.1. The number of likely N-dealkylation sites (tertiary alicyclic amines) is 1. The molecule has 1 aromatic heterocycles. The number of carbonyl (C=O) groups is 1. The van der Waals surface area contributed by atoms with Crippen LogP contribution in [0.2, 0.25) is 0 Å². The van der Waals surface area contributed by atoms with Gasteiger partial charge >= 0.3 is 12.3 Å². The van der Waals surface area contributed by atoms with Crippen molar-refractivity contribution in [1.29, 1.82) is 5.26 Å². The summed E-state index contributed by atoms with van der Waals surface area (Å²) in [6, 6.07) is 6.69. The first kappa shape index (κ1) is 25.3. The molecule has 0 saturated carbocycles. The van der Waals surface area contributed by atoms with Gasteiger partial charge in [0.05, 0.1) is 29.6 Å². The van der Waals surface area contributed by atoms with Gasteiger partial charge in [0.25, 0.3) is 0 Å². The number of amides is 1. The molecule has 0 N–H and O–H groups in total. The lowest BCUT2D eigenvalue weighted by Gasteiger charge is -2.34. The van der Waals surface area contributed by atoms with E-state index in [0.29, 0.717) is 30.8 Å².